The Balaban J connectivity index is 0.00000256. The molecule has 17 heavy (non-hydrogen) atoms. The molecule has 0 aromatic carbocycles. The number of methoxy groups -OCH3 is 1. The number of halogens is 1. The minimum absolute atomic E-state index is 0. The van der Waals surface area contributed by atoms with Crippen molar-refractivity contribution < 1.29 is 9.47 Å². The highest BCUT2D eigenvalue weighted by molar-refractivity contribution is 14.0. The Bertz CT molecular complexity index is 209. The Labute approximate surface area is 121 Å². The molecule has 0 bridgehead atoms. The van der Waals surface area contributed by atoms with Crippen LogP contribution in [0.15, 0.2) is 4.99 Å². The fraction of sp³-hybridized carbons (Fsp3) is 0.909. The van der Waals surface area contributed by atoms with Crippen molar-refractivity contribution >= 4 is 29.9 Å². The average molecular weight is 357 g/mol. The number of ether oxygens (including phenoxy) is 2. The number of nitrogens with one attached hydrogen (secondary N) is 1. The number of hydrogen-bond acceptors (Lipinski definition) is 3. The Morgan fingerprint density at radius 3 is 2.53 bits per heavy atom. The molecule has 102 valence electrons. The third-order valence-corrected chi connectivity index (χ3v) is 2.58. The lowest BCUT2D eigenvalue weighted by atomic mass is 10.4. The van der Waals surface area contributed by atoms with Gasteiger partial charge in [-0.25, -0.2) is 0 Å². The van der Waals surface area contributed by atoms with E-state index in [4.69, 9.17) is 9.47 Å². The molecule has 5 nitrogen and oxygen atoms in total. The summed E-state index contributed by atoms with van der Waals surface area (Å²) in [6.45, 7) is 5.03. The molecule has 1 aliphatic rings. The van der Waals surface area contributed by atoms with E-state index in [2.05, 4.69) is 15.2 Å². The zero-order valence-electron chi connectivity index (χ0n) is 10.8. The molecule has 0 amide bonds. The molecule has 0 aromatic heterocycles. The fourth-order valence-corrected chi connectivity index (χ4v) is 1.74. The minimum atomic E-state index is 0. The highest BCUT2D eigenvalue weighted by atomic mass is 127. The number of hydrogen-bond donors (Lipinski definition) is 1. The molecular formula is C11H24IN3O2. The Morgan fingerprint density at radius 2 is 1.94 bits per heavy atom. The summed E-state index contributed by atoms with van der Waals surface area (Å²) in [6, 6.07) is 0. The van der Waals surface area contributed by atoms with E-state index in [1.54, 1.807) is 7.11 Å². The van der Waals surface area contributed by atoms with Crippen LogP contribution in [0, 0.1) is 0 Å². The molecule has 6 heteroatoms. The summed E-state index contributed by atoms with van der Waals surface area (Å²) >= 11 is 0. The molecule has 1 aliphatic heterocycles. The summed E-state index contributed by atoms with van der Waals surface area (Å²) in [5, 5.41) is 3.30. The van der Waals surface area contributed by atoms with Crippen LogP contribution in [0.5, 0.6) is 0 Å². The molecule has 0 aromatic rings. The number of likely N-dealkylation sites (tertiary alicyclic amines) is 1. The van der Waals surface area contributed by atoms with Crippen LogP contribution < -0.4 is 5.32 Å². The van der Waals surface area contributed by atoms with Crippen LogP contribution in [0.4, 0.5) is 0 Å². The zero-order chi connectivity index (χ0) is 11.6. The van der Waals surface area contributed by atoms with E-state index < -0.39 is 0 Å². The largest absolute Gasteiger partial charge is 0.382 e. The van der Waals surface area contributed by atoms with Crippen molar-refractivity contribution in [1.82, 2.24) is 10.2 Å². The van der Waals surface area contributed by atoms with E-state index in [1.807, 2.05) is 7.05 Å². The van der Waals surface area contributed by atoms with Gasteiger partial charge in [-0.15, -0.1) is 24.0 Å². The second-order valence-corrected chi connectivity index (χ2v) is 3.77. The highest BCUT2D eigenvalue weighted by Crippen LogP contribution is 2.06. The van der Waals surface area contributed by atoms with Crippen LogP contribution in [0.1, 0.15) is 12.8 Å². The maximum atomic E-state index is 5.37. The SMILES string of the molecule is CN=C(NCCOCCOC)N1CCCC1.I. The highest BCUT2D eigenvalue weighted by Gasteiger charge is 2.14. The van der Waals surface area contributed by atoms with Gasteiger partial charge in [-0.3, -0.25) is 4.99 Å². The molecule has 0 unspecified atom stereocenters. The van der Waals surface area contributed by atoms with Crippen molar-refractivity contribution in [3.8, 4) is 0 Å². The molecule has 1 rings (SSSR count). The van der Waals surface area contributed by atoms with Gasteiger partial charge in [0.25, 0.3) is 0 Å². The lowest BCUT2D eigenvalue weighted by Gasteiger charge is -2.20. The standard InChI is InChI=1S/C11H23N3O2.HI/c1-12-11(14-6-3-4-7-14)13-5-8-16-10-9-15-2;/h3-10H2,1-2H3,(H,12,13);1H. The molecule has 1 heterocycles. The smallest absolute Gasteiger partial charge is 0.193 e. The summed E-state index contributed by atoms with van der Waals surface area (Å²) < 4.78 is 10.3. The molecular weight excluding hydrogens is 333 g/mol. The van der Waals surface area contributed by atoms with Gasteiger partial charge in [0.05, 0.1) is 19.8 Å². The molecule has 0 saturated carbocycles. The van der Waals surface area contributed by atoms with E-state index in [0.29, 0.717) is 19.8 Å². The summed E-state index contributed by atoms with van der Waals surface area (Å²) in [5.74, 6) is 0.993. The van der Waals surface area contributed by atoms with E-state index in [0.717, 1.165) is 25.6 Å². The van der Waals surface area contributed by atoms with Crippen molar-refractivity contribution in [1.29, 1.82) is 0 Å². The quantitative estimate of drug-likeness (QED) is 0.333. The van der Waals surface area contributed by atoms with Crippen LogP contribution in [0.3, 0.4) is 0 Å². The van der Waals surface area contributed by atoms with Gasteiger partial charge in [-0.2, -0.15) is 0 Å². The summed E-state index contributed by atoms with van der Waals surface area (Å²) in [7, 11) is 3.50. The van der Waals surface area contributed by atoms with Gasteiger partial charge in [0.1, 0.15) is 0 Å². The number of nitrogens with zero attached hydrogens (tertiary/aromatic N) is 2. The third-order valence-electron chi connectivity index (χ3n) is 2.58. The number of guanidine groups is 1. The summed E-state index contributed by atoms with van der Waals surface area (Å²) in [5.41, 5.74) is 0. The van der Waals surface area contributed by atoms with Crippen molar-refractivity contribution in [2.24, 2.45) is 4.99 Å². The monoisotopic (exact) mass is 357 g/mol. The van der Waals surface area contributed by atoms with E-state index in [9.17, 15) is 0 Å². The van der Waals surface area contributed by atoms with Gasteiger partial charge in [-0.05, 0) is 12.8 Å². The first kappa shape index (κ1) is 16.9. The molecule has 0 radical (unpaired) electrons. The van der Waals surface area contributed by atoms with E-state index in [1.165, 1.54) is 12.8 Å². The second kappa shape index (κ2) is 11.0. The molecule has 1 fully saturated rings. The second-order valence-electron chi connectivity index (χ2n) is 3.77. The predicted octanol–water partition coefficient (Wildman–Crippen LogP) is 0.939. The lowest BCUT2D eigenvalue weighted by Crippen LogP contribution is -2.41. The van der Waals surface area contributed by atoms with Gasteiger partial charge in [0.15, 0.2) is 5.96 Å². The predicted molar refractivity (Wildman–Crippen MR) is 80.3 cm³/mol. The van der Waals surface area contributed by atoms with Crippen LogP contribution in [0.2, 0.25) is 0 Å². The van der Waals surface area contributed by atoms with Crippen LogP contribution in [0.25, 0.3) is 0 Å². The Hall–Kier alpha value is -0.0800. The van der Waals surface area contributed by atoms with Gasteiger partial charge < -0.3 is 19.7 Å². The van der Waals surface area contributed by atoms with Crippen LogP contribution in [-0.4, -0.2) is 64.5 Å². The summed E-state index contributed by atoms with van der Waals surface area (Å²) in [6.07, 6.45) is 2.54. The maximum Gasteiger partial charge on any atom is 0.193 e. The molecule has 0 atom stereocenters. The molecule has 1 N–H and O–H groups in total. The molecule has 1 saturated heterocycles. The Morgan fingerprint density at radius 1 is 1.24 bits per heavy atom. The Kier molecular flexibility index (Phi) is 11.0. The topological polar surface area (TPSA) is 46.1 Å². The fourth-order valence-electron chi connectivity index (χ4n) is 1.74. The van der Waals surface area contributed by atoms with E-state index >= 15 is 0 Å². The van der Waals surface area contributed by atoms with E-state index in [-0.39, 0.29) is 24.0 Å². The zero-order valence-corrected chi connectivity index (χ0v) is 13.1. The van der Waals surface area contributed by atoms with Crippen molar-refractivity contribution in [2.75, 3.05) is 53.6 Å². The van der Waals surface area contributed by atoms with Gasteiger partial charge in [-0.1, -0.05) is 0 Å². The molecule has 0 aliphatic carbocycles. The number of rotatable bonds is 6. The lowest BCUT2D eigenvalue weighted by molar-refractivity contribution is 0.0731. The number of aliphatic imine (C=N–C) groups is 1. The van der Waals surface area contributed by atoms with Crippen LogP contribution in [-0.2, 0) is 9.47 Å². The average Bonchev–Trinajstić information content (AvgIpc) is 2.82. The molecule has 0 spiro atoms. The van der Waals surface area contributed by atoms with Gasteiger partial charge in [0, 0.05) is 33.8 Å². The first-order valence-electron chi connectivity index (χ1n) is 5.90. The first-order valence-corrected chi connectivity index (χ1v) is 5.90. The van der Waals surface area contributed by atoms with Crippen molar-refractivity contribution in [3.63, 3.8) is 0 Å². The van der Waals surface area contributed by atoms with Crippen molar-refractivity contribution in [3.05, 3.63) is 0 Å². The first-order chi connectivity index (χ1) is 7.88. The normalized spacial score (nSPS) is 15.9. The van der Waals surface area contributed by atoms with Gasteiger partial charge >= 0.3 is 0 Å². The minimum Gasteiger partial charge on any atom is -0.382 e. The summed E-state index contributed by atoms with van der Waals surface area (Å²) in [4.78, 5) is 6.54. The third kappa shape index (κ3) is 7.05. The van der Waals surface area contributed by atoms with Crippen LogP contribution >= 0.6 is 24.0 Å². The maximum absolute atomic E-state index is 5.37. The van der Waals surface area contributed by atoms with Crippen molar-refractivity contribution in [2.45, 2.75) is 12.8 Å². The van der Waals surface area contributed by atoms with Gasteiger partial charge in [0.2, 0.25) is 0 Å².